The van der Waals surface area contributed by atoms with E-state index in [1.54, 1.807) is 0 Å². The van der Waals surface area contributed by atoms with Crippen LogP contribution in [0.4, 0.5) is 5.82 Å². The van der Waals surface area contributed by atoms with E-state index in [-0.39, 0.29) is 17.1 Å². The summed E-state index contributed by atoms with van der Waals surface area (Å²) in [7, 11) is -3.74. The number of fused-ring (bicyclic) bond motifs is 1. The minimum Gasteiger partial charge on any atom is -0.365 e. The highest BCUT2D eigenvalue weighted by Crippen LogP contribution is 2.30. The molecule has 2 aliphatic rings. The first kappa shape index (κ1) is 26.0. The molecule has 6 rings (SSSR count). The average Bonchev–Trinajstić information content (AvgIpc) is 3.76. The van der Waals surface area contributed by atoms with E-state index >= 15 is 0 Å². The Balaban J connectivity index is 1.28. The summed E-state index contributed by atoms with van der Waals surface area (Å²) in [4.78, 5) is 32.9. The Bertz CT molecular complexity index is 1640. The smallest absolute Gasteiger partial charge is 0.270 e. The monoisotopic (exact) mass is 558 g/mol. The Morgan fingerprint density at radius 1 is 0.875 bits per heavy atom. The van der Waals surface area contributed by atoms with E-state index in [1.165, 1.54) is 22.5 Å². The third-order valence-corrected chi connectivity index (χ3v) is 9.37. The topological polar surface area (TPSA) is 126 Å². The van der Waals surface area contributed by atoms with Crippen molar-refractivity contribution < 1.29 is 18.0 Å². The molecule has 2 N–H and O–H groups in total. The van der Waals surface area contributed by atoms with Crippen molar-refractivity contribution in [2.75, 3.05) is 18.4 Å². The molecule has 206 valence electrons. The van der Waals surface area contributed by atoms with Crippen molar-refractivity contribution in [1.82, 2.24) is 24.2 Å². The van der Waals surface area contributed by atoms with Gasteiger partial charge in [-0.05, 0) is 42.7 Å². The summed E-state index contributed by atoms with van der Waals surface area (Å²) >= 11 is 0. The number of carbonyl (C=O) groups is 2. The number of aromatic nitrogens is 3. The Labute approximate surface area is 232 Å². The number of carbonyl (C=O) groups excluding carboxylic acids is 2. The lowest BCUT2D eigenvalue weighted by molar-refractivity contribution is 0.0712. The highest BCUT2D eigenvalue weighted by Gasteiger charge is 2.37. The van der Waals surface area contributed by atoms with Crippen molar-refractivity contribution in [3.05, 3.63) is 95.3 Å². The lowest BCUT2D eigenvalue weighted by atomic mass is 9.89. The summed E-state index contributed by atoms with van der Waals surface area (Å²) in [6, 6.07) is 20.1. The molecule has 10 nitrogen and oxygen atoms in total. The van der Waals surface area contributed by atoms with Crippen molar-refractivity contribution in [2.45, 2.75) is 43.4 Å². The summed E-state index contributed by atoms with van der Waals surface area (Å²) in [5, 5.41) is 7.13. The lowest BCUT2D eigenvalue weighted by Crippen LogP contribution is -2.38. The van der Waals surface area contributed by atoms with E-state index in [9.17, 15) is 18.0 Å². The molecular weight excluding hydrogens is 528 g/mol. The number of hydrogen-bond donors (Lipinski definition) is 2. The van der Waals surface area contributed by atoms with Crippen molar-refractivity contribution >= 4 is 33.3 Å². The molecule has 11 heteroatoms. The third-order valence-electron chi connectivity index (χ3n) is 7.56. The minimum atomic E-state index is -3.74. The predicted molar refractivity (Wildman–Crippen MR) is 150 cm³/mol. The number of nitrogens with one attached hydrogen (secondary N) is 2. The van der Waals surface area contributed by atoms with Gasteiger partial charge in [0, 0.05) is 25.8 Å². The highest BCUT2D eigenvalue weighted by atomic mass is 32.2. The first-order valence-corrected chi connectivity index (χ1v) is 15.0. The molecule has 2 aromatic carbocycles. The molecule has 0 bridgehead atoms. The summed E-state index contributed by atoms with van der Waals surface area (Å²) in [6.45, 7) is 1.63. The molecule has 0 atom stereocenters. The second-order valence-corrected chi connectivity index (χ2v) is 12.3. The number of hydrogen-bond acceptors (Lipinski definition) is 7. The Morgan fingerprint density at radius 2 is 1.55 bits per heavy atom. The van der Waals surface area contributed by atoms with E-state index in [2.05, 4.69) is 32.3 Å². The van der Waals surface area contributed by atoms with Gasteiger partial charge in [0.05, 0.1) is 11.4 Å². The Kier molecular flexibility index (Phi) is 6.97. The Hall–Kier alpha value is -4.25. The molecule has 1 saturated carbocycles. The van der Waals surface area contributed by atoms with Crippen molar-refractivity contribution in [3.63, 3.8) is 0 Å². The maximum absolute atomic E-state index is 13.8. The van der Waals surface area contributed by atoms with Gasteiger partial charge >= 0.3 is 0 Å². The van der Waals surface area contributed by atoms with Gasteiger partial charge in [-0.1, -0.05) is 60.7 Å². The van der Waals surface area contributed by atoms with E-state index in [0.717, 1.165) is 18.4 Å². The van der Waals surface area contributed by atoms with Gasteiger partial charge in [-0.2, -0.15) is 9.61 Å². The van der Waals surface area contributed by atoms with Gasteiger partial charge in [0.2, 0.25) is 10.0 Å². The molecule has 4 aromatic rings. The molecular formula is C29H30N6O4S. The number of sulfonamides is 1. The van der Waals surface area contributed by atoms with E-state index in [1.807, 2.05) is 53.4 Å². The fourth-order valence-electron chi connectivity index (χ4n) is 5.16. The standard InChI is InChI=1S/C29H30N6O4S/c36-28(33-40(38,39)23-11-12-23)24-19-32-35-26(24)31-18-25(27(35)30-17-20-7-3-1-4-8-20)29(37)34-15-13-22(14-16-34)21-9-5-2-6-10-21/h1-10,18-19,22-23,30H,11-17H2,(H,33,36). The summed E-state index contributed by atoms with van der Waals surface area (Å²) in [6.07, 6.45) is 5.53. The Morgan fingerprint density at radius 3 is 2.23 bits per heavy atom. The van der Waals surface area contributed by atoms with Gasteiger partial charge in [0.1, 0.15) is 16.9 Å². The van der Waals surface area contributed by atoms with Crippen LogP contribution in [0.1, 0.15) is 63.4 Å². The van der Waals surface area contributed by atoms with Gasteiger partial charge in [0.15, 0.2) is 5.65 Å². The molecule has 2 aromatic heterocycles. The second-order valence-electron chi connectivity index (χ2n) is 10.3. The number of rotatable bonds is 8. The first-order valence-electron chi connectivity index (χ1n) is 13.5. The van der Waals surface area contributed by atoms with Crippen molar-refractivity contribution in [1.29, 1.82) is 0 Å². The maximum atomic E-state index is 13.8. The molecule has 0 radical (unpaired) electrons. The van der Waals surface area contributed by atoms with E-state index in [4.69, 9.17) is 0 Å². The molecule has 40 heavy (non-hydrogen) atoms. The molecule has 1 aliphatic heterocycles. The lowest BCUT2D eigenvalue weighted by Gasteiger charge is -2.32. The number of piperidine rings is 1. The van der Waals surface area contributed by atoms with Gasteiger partial charge < -0.3 is 10.2 Å². The fraction of sp³-hybridized carbons (Fsp3) is 0.310. The zero-order valence-corrected chi connectivity index (χ0v) is 22.7. The predicted octanol–water partition coefficient (Wildman–Crippen LogP) is 3.58. The summed E-state index contributed by atoms with van der Waals surface area (Å²) in [5.74, 6) is -0.159. The summed E-state index contributed by atoms with van der Waals surface area (Å²) < 4.78 is 28.3. The molecule has 1 saturated heterocycles. The maximum Gasteiger partial charge on any atom is 0.270 e. The normalized spacial score (nSPS) is 16.1. The van der Waals surface area contributed by atoms with Crippen LogP contribution < -0.4 is 10.0 Å². The van der Waals surface area contributed by atoms with Crippen LogP contribution in [0, 0.1) is 0 Å². The molecule has 2 fully saturated rings. The zero-order chi connectivity index (χ0) is 27.7. The zero-order valence-electron chi connectivity index (χ0n) is 21.9. The molecule has 0 spiro atoms. The van der Waals surface area contributed by atoms with Crippen LogP contribution in [0.25, 0.3) is 5.65 Å². The first-order chi connectivity index (χ1) is 19.4. The van der Waals surface area contributed by atoms with E-state index in [0.29, 0.717) is 49.8 Å². The van der Waals surface area contributed by atoms with Crippen LogP contribution in [-0.4, -0.2) is 58.1 Å². The quantitative estimate of drug-likeness (QED) is 0.339. The van der Waals surface area contributed by atoms with Crippen LogP contribution in [-0.2, 0) is 16.6 Å². The van der Waals surface area contributed by atoms with Gasteiger partial charge in [-0.25, -0.2) is 18.1 Å². The number of anilines is 1. The van der Waals surface area contributed by atoms with Gasteiger partial charge in [0.25, 0.3) is 11.8 Å². The fourth-order valence-corrected chi connectivity index (χ4v) is 6.45. The molecule has 2 amide bonds. The average molecular weight is 559 g/mol. The summed E-state index contributed by atoms with van der Waals surface area (Å²) in [5.41, 5.74) is 2.81. The third kappa shape index (κ3) is 5.29. The van der Waals surface area contributed by atoms with Crippen molar-refractivity contribution in [2.24, 2.45) is 0 Å². The molecule has 0 unspecified atom stereocenters. The SMILES string of the molecule is O=C(NS(=O)(=O)C1CC1)c1cnn2c(NCc3ccccc3)c(C(=O)N3CCC(c4ccccc4)CC3)cnc12. The van der Waals surface area contributed by atoms with E-state index < -0.39 is 21.2 Å². The van der Waals surface area contributed by atoms with Gasteiger partial charge in [-0.3, -0.25) is 9.59 Å². The largest absolute Gasteiger partial charge is 0.365 e. The minimum absolute atomic E-state index is 0.0228. The van der Waals surface area contributed by atoms with Crippen LogP contribution >= 0.6 is 0 Å². The molecule has 3 heterocycles. The van der Waals surface area contributed by atoms with Crippen LogP contribution in [0.3, 0.4) is 0 Å². The van der Waals surface area contributed by atoms with Crippen molar-refractivity contribution in [3.8, 4) is 0 Å². The number of nitrogens with zero attached hydrogens (tertiary/aromatic N) is 4. The molecule has 1 aliphatic carbocycles. The number of amides is 2. The highest BCUT2D eigenvalue weighted by molar-refractivity contribution is 7.91. The second kappa shape index (κ2) is 10.7. The van der Waals surface area contributed by atoms with Crippen LogP contribution in [0.2, 0.25) is 0 Å². The van der Waals surface area contributed by atoms with Crippen LogP contribution in [0.15, 0.2) is 73.1 Å². The van der Waals surface area contributed by atoms with Crippen LogP contribution in [0.5, 0.6) is 0 Å². The number of likely N-dealkylation sites (tertiary alicyclic amines) is 1. The van der Waals surface area contributed by atoms with Gasteiger partial charge in [-0.15, -0.1) is 0 Å². The number of benzene rings is 2.